The van der Waals surface area contributed by atoms with Crippen LogP contribution in [0, 0.1) is 12.3 Å². The predicted octanol–water partition coefficient (Wildman–Crippen LogP) is 2.42. The van der Waals surface area contributed by atoms with Crippen molar-refractivity contribution in [1.29, 1.82) is 0 Å². The molecule has 0 aliphatic rings. The van der Waals surface area contributed by atoms with Crippen molar-refractivity contribution in [2.24, 2.45) is 0 Å². The molecule has 0 radical (unpaired) electrons. The molecular weight excluding hydrogens is 234 g/mol. The highest BCUT2D eigenvalue weighted by Crippen LogP contribution is 2.26. The van der Waals surface area contributed by atoms with Crippen LogP contribution in [0.5, 0.6) is 0 Å². The first kappa shape index (κ1) is 11.4. The lowest BCUT2D eigenvalue weighted by Crippen LogP contribution is -2.28. The molecule has 1 aromatic carbocycles. The normalized spacial score (nSPS) is 9.88. The summed E-state index contributed by atoms with van der Waals surface area (Å²) in [7, 11) is 0. The van der Waals surface area contributed by atoms with Crippen molar-refractivity contribution in [1.82, 2.24) is 10.3 Å². The molecule has 2 rings (SSSR count). The number of nitrogens with one attached hydrogen (secondary N) is 2. The van der Waals surface area contributed by atoms with Crippen LogP contribution in [0.4, 0.5) is 9.93 Å². The van der Waals surface area contributed by atoms with Crippen molar-refractivity contribution in [3.05, 3.63) is 23.8 Å². The number of thiazole rings is 1. The van der Waals surface area contributed by atoms with Gasteiger partial charge in [0.05, 0.1) is 10.2 Å². The molecule has 5 heteroatoms. The molecule has 1 aromatic heterocycles. The van der Waals surface area contributed by atoms with E-state index in [4.69, 9.17) is 6.42 Å². The van der Waals surface area contributed by atoms with E-state index in [9.17, 15) is 4.79 Å². The van der Waals surface area contributed by atoms with Gasteiger partial charge in [0.15, 0.2) is 5.13 Å². The van der Waals surface area contributed by atoms with Gasteiger partial charge in [-0.05, 0) is 25.1 Å². The SMILES string of the molecule is C#Cc1ccc2nc(NC(=O)NCC)sc2c1. The lowest BCUT2D eigenvalue weighted by atomic mass is 10.2. The van der Waals surface area contributed by atoms with Gasteiger partial charge in [-0.15, -0.1) is 6.42 Å². The summed E-state index contributed by atoms with van der Waals surface area (Å²) in [6.45, 7) is 2.44. The van der Waals surface area contributed by atoms with E-state index in [0.717, 1.165) is 15.8 Å². The minimum atomic E-state index is -0.247. The number of benzene rings is 1. The standard InChI is InChI=1S/C12H11N3OS/c1-3-8-5-6-9-10(7-8)17-12(14-9)15-11(16)13-4-2/h1,5-7H,4H2,2H3,(H2,13,14,15,16). The molecule has 0 aliphatic heterocycles. The molecule has 2 amide bonds. The van der Waals surface area contributed by atoms with Crippen molar-refractivity contribution in [3.63, 3.8) is 0 Å². The summed E-state index contributed by atoms with van der Waals surface area (Å²) in [5.41, 5.74) is 1.64. The fourth-order valence-corrected chi connectivity index (χ4v) is 2.27. The summed E-state index contributed by atoms with van der Waals surface area (Å²) >= 11 is 1.40. The summed E-state index contributed by atoms with van der Waals surface area (Å²) in [5.74, 6) is 2.57. The Labute approximate surface area is 103 Å². The number of hydrogen-bond donors (Lipinski definition) is 2. The quantitative estimate of drug-likeness (QED) is 0.798. The maximum atomic E-state index is 11.3. The topological polar surface area (TPSA) is 54.0 Å². The minimum Gasteiger partial charge on any atom is -0.338 e. The van der Waals surface area contributed by atoms with Gasteiger partial charge in [-0.3, -0.25) is 5.32 Å². The predicted molar refractivity (Wildman–Crippen MR) is 70.3 cm³/mol. The molecule has 17 heavy (non-hydrogen) atoms. The summed E-state index contributed by atoms with van der Waals surface area (Å²) in [5, 5.41) is 5.89. The van der Waals surface area contributed by atoms with Crippen molar-refractivity contribution in [2.45, 2.75) is 6.92 Å². The second-order valence-electron chi connectivity index (χ2n) is 3.33. The second kappa shape index (κ2) is 4.85. The Kier molecular flexibility index (Phi) is 3.26. The summed E-state index contributed by atoms with van der Waals surface area (Å²) in [4.78, 5) is 15.6. The Balaban J connectivity index is 2.26. The highest BCUT2D eigenvalue weighted by atomic mass is 32.1. The Morgan fingerprint density at radius 1 is 1.59 bits per heavy atom. The van der Waals surface area contributed by atoms with Gasteiger partial charge >= 0.3 is 6.03 Å². The summed E-state index contributed by atoms with van der Waals surface area (Å²) < 4.78 is 0.965. The van der Waals surface area contributed by atoms with E-state index in [-0.39, 0.29) is 6.03 Å². The lowest BCUT2D eigenvalue weighted by molar-refractivity contribution is 0.252. The fourth-order valence-electron chi connectivity index (χ4n) is 1.37. The molecule has 0 aliphatic carbocycles. The number of aromatic nitrogens is 1. The number of anilines is 1. The van der Waals surface area contributed by atoms with Crippen molar-refractivity contribution >= 4 is 32.7 Å². The van der Waals surface area contributed by atoms with Gasteiger partial charge < -0.3 is 5.32 Å². The molecule has 0 saturated carbocycles. The number of amides is 2. The number of nitrogens with zero attached hydrogens (tertiary/aromatic N) is 1. The maximum Gasteiger partial charge on any atom is 0.321 e. The average molecular weight is 245 g/mol. The van der Waals surface area contributed by atoms with Crippen LogP contribution < -0.4 is 10.6 Å². The molecule has 0 saturated heterocycles. The number of urea groups is 1. The van der Waals surface area contributed by atoms with Crippen LogP contribution in [0.2, 0.25) is 0 Å². The van der Waals surface area contributed by atoms with Gasteiger partial charge in [-0.2, -0.15) is 0 Å². The van der Waals surface area contributed by atoms with Crippen molar-refractivity contribution in [3.8, 4) is 12.3 Å². The van der Waals surface area contributed by atoms with Crippen LogP contribution in [0.25, 0.3) is 10.2 Å². The van der Waals surface area contributed by atoms with E-state index in [1.807, 2.05) is 25.1 Å². The molecule has 0 atom stereocenters. The van der Waals surface area contributed by atoms with E-state index in [1.54, 1.807) is 0 Å². The summed E-state index contributed by atoms with van der Waals surface area (Å²) in [6, 6.07) is 5.32. The molecule has 1 heterocycles. The molecule has 0 spiro atoms. The molecular formula is C12H11N3OS. The van der Waals surface area contributed by atoms with Crippen molar-refractivity contribution < 1.29 is 4.79 Å². The first-order valence-electron chi connectivity index (χ1n) is 5.15. The van der Waals surface area contributed by atoms with Gasteiger partial charge in [-0.1, -0.05) is 17.3 Å². The third-order valence-corrected chi connectivity index (χ3v) is 3.05. The van der Waals surface area contributed by atoms with E-state index < -0.39 is 0 Å². The lowest BCUT2D eigenvalue weighted by Gasteiger charge is -2.00. The Bertz CT molecular complexity index is 597. The molecule has 0 bridgehead atoms. The molecule has 0 fully saturated rings. The number of terminal acetylenes is 1. The zero-order valence-corrected chi connectivity index (χ0v) is 10.1. The van der Waals surface area contributed by atoms with E-state index in [1.165, 1.54) is 11.3 Å². The van der Waals surface area contributed by atoms with Crippen LogP contribution in [-0.4, -0.2) is 17.6 Å². The van der Waals surface area contributed by atoms with Crippen LogP contribution in [0.15, 0.2) is 18.2 Å². The maximum absolute atomic E-state index is 11.3. The third-order valence-electron chi connectivity index (χ3n) is 2.11. The number of rotatable bonds is 2. The van der Waals surface area contributed by atoms with Crippen LogP contribution in [-0.2, 0) is 0 Å². The van der Waals surface area contributed by atoms with E-state index in [2.05, 4.69) is 21.5 Å². The number of hydrogen-bond acceptors (Lipinski definition) is 3. The number of carbonyl (C=O) groups is 1. The van der Waals surface area contributed by atoms with Gasteiger partial charge in [-0.25, -0.2) is 9.78 Å². The minimum absolute atomic E-state index is 0.247. The smallest absolute Gasteiger partial charge is 0.321 e. The van der Waals surface area contributed by atoms with Gasteiger partial charge in [0.1, 0.15) is 0 Å². The zero-order valence-electron chi connectivity index (χ0n) is 9.28. The van der Waals surface area contributed by atoms with Gasteiger partial charge in [0.25, 0.3) is 0 Å². The Morgan fingerprint density at radius 3 is 3.12 bits per heavy atom. The highest BCUT2D eigenvalue weighted by Gasteiger charge is 2.06. The monoisotopic (exact) mass is 245 g/mol. The largest absolute Gasteiger partial charge is 0.338 e. The second-order valence-corrected chi connectivity index (χ2v) is 4.36. The first-order valence-corrected chi connectivity index (χ1v) is 5.96. The Hall–Kier alpha value is -2.06. The van der Waals surface area contributed by atoms with E-state index >= 15 is 0 Å². The molecule has 86 valence electrons. The number of carbonyl (C=O) groups excluding carboxylic acids is 1. The highest BCUT2D eigenvalue weighted by molar-refractivity contribution is 7.22. The molecule has 0 unspecified atom stereocenters. The van der Waals surface area contributed by atoms with Crippen LogP contribution >= 0.6 is 11.3 Å². The van der Waals surface area contributed by atoms with E-state index in [0.29, 0.717) is 11.7 Å². The third kappa shape index (κ3) is 2.55. The first-order chi connectivity index (χ1) is 8.22. The molecule has 4 nitrogen and oxygen atoms in total. The number of fused-ring (bicyclic) bond motifs is 1. The fraction of sp³-hybridized carbons (Fsp3) is 0.167. The Morgan fingerprint density at radius 2 is 2.41 bits per heavy atom. The zero-order chi connectivity index (χ0) is 12.3. The van der Waals surface area contributed by atoms with Crippen LogP contribution in [0.3, 0.4) is 0 Å². The molecule has 2 N–H and O–H groups in total. The molecule has 2 aromatic rings. The van der Waals surface area contributed by atoms with Gasteiger partial charge in [0, 0.05) is 12.1 Å². The summed E-state index contributed by atoms with van der Waals surface area (Å²) in [6.07, 6.45) is 5.32. The van der Waals surface area contributed by atoms with Gasteiger partial charge in [0.2, 0.25) is 0 Å². The average Bonchev–Trinajstić information content (AvgIpc) is 2.69. The van der Waals surface area contributed by atoms with Crippen molar-refractivity contribution in [2.75, 3.05) is 11.9 Å². The van der Waals surface area contributed by atoms with Crippen LogP contribution in [0.1, 0.15) is 12.5 Å².